The van der Waals surface area contributed by atoms with Crippen molar-refractivity contribution in [1.82, 2.24) is 0 Å². The second-order valence-corrected chi connectivity index (χ2v) is 4.20. The molecule has 0 fully saturated rings. The van der Waals surface area contributed by atoms with E-state index in [4.69, 9.17) is 4.74 Å². The van der Waals surface area contributed by atoms with Gasteiger partial charge in [0.05, 0.1) is 6.61 Å². The quantitative estimate of drug-likeness (QED) is 0.431. The van der Waals surface area contributed by atoms with Crippen LogP contribution in [0.4, 0.5) is 0 Å². The second kappa shape index (κ2) is 7.49. The molecule has 0 heterocycles. The van der Waals surface area contributed by atoms with Gasteiger partial charge in [-0.3, -0.25) is 0 Å². The van der Waals surface area contributed by atoms with Crippen LogP contribution in [0.25, 0.3) is 0 Å². The molecule has 1 aromatic carbocycles. The van der Waals surface area contributed by atoms with Crippen LogP contribution in [0.15, 0.2) is 54.6 Å². The molecule has 0 aliphatic heterocycles. The van der Waals surface area contributed by atoms with Gasteiger partial charge in [0.25, 0.3) is 0 Å². The van der Waals surface area contributed by atoms with E-state index in [0.717, 1.165) is 12.0 Å². The molecular weight excluding hydrogens is 224 g/mol. The smallest absolute Gasteiger partial charge is 0.330 e. The first-order valence-electron chi connectivity index (χ1n) is 6.18. The van der Waals surface area contributed by atoms with Crippen LogP contribution in [-0.4, -0.2) is 12.6 Å². The van der Waals surface area contributed by atoms with E-state index in [-0.39, 0.29) is 11.9 Å². The fourth-order valence-corrected chi connectivity index (χ4v) is 1.83. The molecule has 1 atom stereocenters. The molecule has 0 amide bonds. The van der Waals surface area contributed by atoms with E-state index in [2.05, 4.69) is 18.7 Å². The number of allylic oxidation sites excluding steroid dienone is 2. The highest BCUT2D eigenvalue weighted by molar-refractivity contribution is 5.82. The van der Waals surface area contributed by atoms with Crippen LogP contribution in [0.3, 0.4) is 0 Å². The third kappa shape index (κ3) is 4.58. The van der Waals surface area contributed by atoms with E-state index < -0.39 is 0 Å². The molecule has 0 spiro atoms. The SMILES string of the molecule is C=CC(C/C(C)=C/C(=O)OCC)c1ccccc1. The van der Waals surface area contributed by atoms with Gasteiger partial charge in [0, 0.05) is 12.0 Å². The van der Waals surface area contributed by atoms with Crippen molar-refractivity contribution in [3.8, 4) is 0 Å². The molecule has 0 aliphatic carbocycles. The van der Waals surface area contributed by atoms with Crippen molar-refractivity contribution in [3.05, 3.63) is 60.2 Å². The summed E-state index contributed by atoms with van der Waals surface area (Å²) in [6.45, 7) is 8.02. The molecule has 0 radical (unpaired) electrons. The summed E-state index contributed by atoms with van der Waals surface area (Å²) >= 11 is 0. The number of esters is 1. The average molecular weight is 244 g/mol. The first-order chi connectivity index (χ1) is 8.67. The first-order valence-corrected chi connectivity index (χ1v) is 6.18. The normalized spacial score (nSPS) is 12.9. The Kier molecular flexibility index (Phi) is 5.92. The summed E-state index contributed by atoms with van der Waals surface area (Å²) in [4.78, 5) is 11.3. The van der Waals surface area contributed by atoms with Gasteiger partial charge in [-0.05, 0) is 25.8 Å². The zero-order chi connectivity index (χ0) is 13.4. The molecule has 2 heteroatoms. The summed E-state index contributed by atoms with van der Waals surface area (Å²) in [5, 5.41) is 0. The van der Waals surface area contributed by atoms with Gasteiger partial charge in [-0.25, -0.2) is 4.79 Å². The summed E-state index contributed by atoms with van der Waals surface area (Å²) < 4.78 is 4.89. The Balaban J connectivity index is 2.69. The van der Waals surface area contributed by atoms with Gasteiger partial charge in [0.1, 0.15) is 0 Å². The summed E-state index contributed by atoms with van der Waals surface area (Å²) in [5.41, 5.74) is 2.21. The molecule has 96 valence electrons. The molecule has 1 unspecified atom stereocenters. The van der Waals surface area contributed by atoms with E-state index in [1.807, 2.05) is 31.2 Å². The predicted octanol–water partition coefficient (Wildman–Crippen LogP) is 3.86. The van der Waals surface area contributed by atoms with Crippen LogP contribution in [0.5, 0.6) is 0 Å². The summed E-state index contributed by atoms with van der Waals surface area (Å²) in [6, 6.07) is 10.2. The minimum Gasteiger partial charge on any atom is -0.463 e. The number of carbonyl (C=O) groups is 1. The Morgan fingerprint density at radius 2 is 2.06 bits per heavy atom. The molecule has 18 heavy (non-hydrogen) atoms. The van der Waals surface area contributed by atoms with Crippen molar-refractivity contribution >= 4 is 5.97 Å². The molecule has 0 N–H and O–H groups in total. The van der Waals surface area contributed by atoms with Crippen LogP contribution in [-0.2, 0) is 9.53 Å². The molecule has 0 aliphatic rings. The second-order valence-electron chi connectivity index (χ2n) is 4.20. The standard InChI is InChI=1S/C16H20O2/c1-4-14(15-9-7-6-8-10-15)11-13(3)12-16(17)18-5-2/h4,6-10,12,14H,1,5,11H2,2-3H3/b13-12+. The summed E-state index contributed by atoms with van der Waals surface area (Å²) in [7, 11) is 0. The molecular formula is C16H20O2. The van der Waals surface area contributed by atoms with E-state index in [1.54, 1.807) is 13.0 Å². The molecule has 2 nitrogen and oxygen atoms in total. The van der Waals surface area contributed by atoms with Crippen molar-refractivity contribution in [2.75, 3.05) is 6.61 Å². The maximum absolute atomic E-state index is 11.3. The Morgan fingerprint density at radius 1 is 1.39 bits per heavy atom. The molecule has 0 aromatic heterocycles. The van der Waals surface area contributed by atoms with Gasteiger partial charge in [-0.1, -0.05) is 42.0 Å². The number of carbonyl (C=O) groups excluding carboxylic acids is 1. The average Bonchev–Trinajstić information content (AvgIpc) is 2.37. The van der Waals surface area contributed by atoms with Gasteiger partial charge < -0.3 is 4.74 Å². The number of hydrogen-bond acceptors (Lipinski definition) is 2. The number of ether oxygens (including phenoxy) is 1. The maximum Gasteiger partial charge on any atom is 0.330 e. The minimum atomic E-state index is -0.272. The fourth-order valence-electron chi connectivity index (χ4n) is 1.83. The highest BCUT2D eigenvalue weighted by Crippen LogP contribution is 2.24. The van der Waals surface area contributed by atoms with Crippen molar-refractivity contribution in [2.24, 2.45) is 0 Å². The molecule has 0 saturated heterocycles. The van der Waals surface area contributed by atoms with Gasteiger partial charge in [0.15, 0.2) is 0 Å². The molecule has 1 aromatic rings. The lowest BCUT2D eigenvalue weighted by molar-refractivity contribution is -0.137. The minimum absolute atomic E-state index is 0.233. The highest BCUT2D eigenvalue weighted by atomic mass is 16.5. The van der Waals surface area contributed by atoms with Crippen molar-refractivity contribution < 1.29 is 9.53 Å². The van der Waals surface area contributed by atoms with E-state index in [9.17, 15) is 4.79 Å². The van der Waals surface area contributed by atoms with Crippen LogP contribution in [0.2, 0.25) is 0 Å². The Morgan fingerprint density at radius 3 is 2.61 bits per heavy atom. The van der Waals surface area contributed by atoms with Gasteiger partial charge in [-0.15, -0.1) is 6.58 Å². The monoisotopic (exact) mass is 244 g/mol. The van der Waals surface area contributed by atoms with Crippen LogP contribution < -0.4 is 0 Å². The Labute approximate surface area is 109 Å². The van der Waals surface area contributed by atoms with E-state index >= 15 is 0 Å². The zero-order valence-corrected chi connectivity index (χ0v) is 11.1. The number of hydrogen-bond donors (Lipinski definition) is 0. The Bertz CT molecular complexity index is 418. The Hall–Kier alpha value is -1.83. The third-order valence-electron chi connectivity index (χ3n) is 2.70. The molecule has 0 bridgehead atoms. The van der Waals surface area contributed by atoms with E-state index in [0.29, 0.717) is 6.61 Å². The van der Waals surface area contributed by atoms with Crippen molar-refractivity contribution in [2.45, 2.75) is 26.2 Å². The lowest BCUT2D eigenvalue weighted by atomic mass is 9.92. The van der Waals surface area contributed by atoms with Crippen LogP contribution in [0.1, 0.15) is 31.7 Å². The summed E-state index contributed by atoms with van der Waals surface area (Å²) in [6.07, 6.45) is 4.26. The van der Waals surface area contributed by atoms with Gasteiger partial charge in [-0.2, -0.15) is 0 Å². The largest absolute Gasteiger partial charge is 0.463 e. The van der Waals surface area contributed by atoms with Crippen LogP contribution >= 0.6 is 0 Å². The lowest BCUT2D eigenvalue weighted by Crippen LogP contribution is -2.02. The predicted molar refractivity (Wildman–Crippen MR) is 74.4 cm³/mol. The van der Waals surface area contributed by atoms with Gasteiger partial charge in [0.2, 0.25) is 0 Å². The lowest BCUT2D eigenvalue weighted by Gasteiger charge is -2.13. The number of rotatable bonds is 6. The zero-order valence-electron chi connectivity index (χ0n) is 11.1. The maximum atomic E-state index is 11.3. The molecule has 0 saturated carbocycles. The van der Waals surface area contributed by atoms with Crippen molar-refractivity contribution in [3.63, 3.8) is 0 Å². The van der Waals surface area contributed by atoms with Crippen LogP contribution in [0, 0.1) is 0 Å². The summed E-state index contributed by atoms with van der Waals surface area (Å²) in [5.74, 6) is -0.0391. The van der Waals surface area contributed by atoms with Crippen molar-refractivity contribution in [1.29, 1.82) is 0 Å². The molecule has 1 rings (SSSR count). The topological polar surface area (TPSA) is 26.3 Å². The first kappa shape index (κ1) is 14.2. The van der Waals surface area contributed by atoms with Gasteiger partial charge >= 0.3 is 5.97 Å². The fraction of sp³-hybridized carbons (Fsp3) is 0.312. The number of benzene rings is 1. The third-order valence-corrected chi connectivity index (χ3v) is 2.70. The van der Waals surface area contributed by atoms with E-state index in [1.165, 1.54) is 5.56 Å². The highest BCUT2D eigenvalue weighted by Gasteiger charge is 2.08.